The van der Waals surface area contributed by atoms with Crippen LogP contribution in [-0.2, 0) is 4.79 Å². The number of rotatable bonds is 5. The van der Waals surface area contributed by atoms with Crippen molar-refractivity contribution in [2.75, 3.05) is 11.9 Å². The van der Waals surface area contributed by atoms with Crippen molar-refractivity contribution in [1.29, 1.82) is 0 Å². The Morgan fingerprint density at radius 1 is 1.47 bits per heavy atom. The summed E-state index contributed by atoms with van der Waals surface area (Å²) < 4.78 is 13.1. The van der Waals surface area contributed by atoms with Crippen LogP contribution in [0.5, 0.6) is 0 Å². The maximum Gasteiger partial charge on any atom is 0.321 e. The van der Waals surface area contributed by atoms with Crippen LogP contribution in [0.3, 0.4) is 0 Å². The number of nitrogens with one attached hydrogen (secondary N) is 1. The van der Waals surface area contributed by atoms with E-state index in [1.165, 1.54) is 30.1 Å². The van der Waals surface area contributed by atoms with Gasteiger partial charge in [0.15, 0.2) is 0 Å². The molecule has 0 fully saturated rings. The molecule has 1 atom stereocenters. The first-order valence-corrected chi connectivity index (χ1v) is 5.95. The number of urea groups is 1. The van der Waals surface area contributed by atoms with Crippen molar-refractivity contribution in [3.8, 4) is 0 Å². The minimum Gasteiger partial charge on any atom is -0.481 e. The third kappa shape index (κ3) is 4.57. The van der Waals surface area contributed by atoms with Crippen molar-refractivity contribution < 1.29 is 19.1 Å². The summed E-state index contributed by atoms with van der Waals surface area (Å²) in [6.45, 7) is 1.79. The van der Waals surface area contributed by atoms with E-state index in [1.807, 2.05) is 0 Å². The van der Waals surface area contributed by atoms with Crippen LogP contribution in [0, 0.1) is 5.82 Å². The number of hydrogen-bond acceptors (Lipinski definition) is 2. The Hall–Kier alpha value is -2.11. The number of carbonyl (C=O) groups excluding carboxylic acids is 1. The molecule has 0 spiro atoms. The number of nitrogens with zero attached hydrogens (tertiary/aromatic N) is 1. The fraction of sp³-hybridized carbons (Fsp3) is 0.385. The van der Waals surface area contributed by atoms with Gasteiger partial charge in [-0.25, -0.2) is 9.18 Å². The minimum atomic E-state index is -0.972. The molecule has 19 heavy (non-hydrogen) atoms. The minimum absolute atomic E-state index is 0.140. The molecule has 1 aromatic rings. The van der Waals surface area contributed by atoms with Crippen LogP contribution in [0.2, 0.25) is 0 Å². The zero-order chi connectivity index (χ0) is 14.4. The van der Waals surface area contributed by atoms with Gasteiger partial charge in [0.25, 0.3) is 0 Å². The molecule has 104 valence electrons. The molecule has 0 saturated heterocycles. The molecule has 2 N–H and O–H groups in total. The van der Waals surface area contributed by atoms with Crippen molar-refractivity contribution in [3.63, 3.8) is 0 Å². The van der Waals surface area contributed by atoms with Crippen LogP contribution in [0.4, 0.5) is 14.9 Å². The van der Waals surface area contributed by atoms with E-state index in [4.69, 9.17) is 5.11 Å². The molecule has 1 aromatic carbocycles. The summed E-state index contributed by atoms with van der Waals surface area (Å²) in [5.41, 5.74) is 0.405. The molecular formula is C13H17FN2O3. The van der Waals surface area contributed by atoms with Gasteiger partial charge in [0.2, 0.25) is 0 Å². The fourth-order valence-electron chi connectivity index (χ4n) is 1.58. The van der Waals surface area contributed by atoms with Gasteiger partial charge in [0, 0.05) is 18.8 Å². The van der Waals surface area contributed by atoms with Gasteiger partial charge >= 0.3 is 12.0 Å². The topological polar surface area (TPSA) is 69.6 Å². The Labute approximate surface area is 111 Å². The highest BCUT2D eigenvalue weighted by Gasteiger charge is 2.17. The van der Waals surface area contributed by atoms with Crippen LogP contribution in [0.15, 0.2) is 24.3 Å². The van der Waals surface area contributed by atoms with E-state index in [2.05, 4.69) is 5.32 Å². The van der Waals surface area contributed by atoms with E-state index < -0.39 is 23.9 Å². The van der Waals surface area contributed by atoms with Crippen LogP contribution >= 0.6 is 0 Å². The Morgan fingerprint density at radius 3 is 2.68 bits per heavy atom. The normalized spacial score (nSPS) is 11.7. The molecule has 1 rings (SSSR count). The van der Waals surface area contributed by atoms with Gasteiger partial charge < -0.3 is 10.4 Å². The van der Waals surface area contributed by atoms with Gasteiger partial charge in [-0.15, -0.1) is 0 Å². The van der Waals surface area contributed by atoms with Gasteiger partial charge in [-0.1, -0.05) is 13.0 Å². The second-order valence-electron chi connectivity index (χ2n) is 4.19. The van der Waals surface area contributed by atoms with Crippen LogP contribution < -0.4 is 10.2 Å². The molecule has 0 aliphatic heterocycles. The molecule has 0 aliphatic rings. The number of carboxylic acids is 1. The number of aliphatic carboxylic acids is 1. The molecule has 0 heterocycles. The summed E-state index contributed by atoms with van der Waals surface area (Å²) in [4.78, 5) is 23.8. The maximum absolute atomic E-state index is 13.1. The van der Waals surface area contributed by atoms with Gasteiger partial charge in [-0.3, -0.25) is 9.69 Å². The Kier molecular flexibility index (Phi) is 5.29. The molecule has 0 radical (unpaired) electrons. The maximum atomic E-state index is 13.1. The Morgan fingerprint density at radius 2 is 2.16 bits per heavy atom. The average Bonchev–Trinajstić information content (AvgIpc) is 2.36. The predicted octanol–water partition coefficient (Wildman–Crippen LogP) is 2.22. The summed E-state index contributed by atoms with van der Waals surface area (Å²) in [5, 5.41) is 11.3. The fourth-order valence-corrected chi connectivity index (χ4v) is 1.58. The van der Waals surface area contributed by atoms with Crippen LogP contribution in [-0.4, -0.2) is 30.2 Å². The monoisotopic (exact) mass is 268 g/mol. The quantitative estimate of drug-likeness (QED) is 0.860. The third-order valence-electron chi connectivity index (χ3n) is 2.74. The lowest BCUT2D eigenvalue weighted by Crippen LogP contribution is -2.43. The highest BCUT2D eigenvalue weighted by molar-refractivity contribution is 5.91. The number of hydrogen-bond donors (Lipinski definition) is 2. The van der Waals surface area contributed by atoms with E-state index in [0.29, 0.717) is 12.1 Å². The summed E-state index contributed by atoms with van der Waals surface area (Å²) in [7, 11) is 1.50. The standard InChI is InChI=1S/C13H17FN2O3/c1-3-10(8-12(17)18)15-13(19)16(2)11-6-4-5-9(14)7-11/h4-7,10H,3,8H2,1-2H3,(H,15,19)(H,17,18). The lowest BCUT2D eigenvalue weighted by atomic mass is 10.1. The first-order valence-electron chi connectivity index (χ1n) is 5.95. The van der Waals surface area contributed by atoms with Gasteiger partial charge in [-0.2, -0.15) is 0 Å². The highest BCUT2D eigenvalue weighted by atomic mass is 19.1. The number of carbonyl (C=O) groups is 2. The van der Waals surface area contributed by atoms with Gasteiger partial charge in [0.1, 0.15) is 5.82 Å². The Balaban J connectivity index is 2.69. The SMILES string of the molecule is CCC(CC(=O)O)NC(=O)N(C)c1cccc(F)c1. The molecule has 6 heteroatoms. The lowest BCUT2D eigenvalue weighted by Gasteiger charge is -2.22. The van der Waals surface area contributed by atoms with Crippen molar-refractivity contribution in [3.05, 3.63) is 30.1 Å². The van der Waals surface area contributed by atoms with Crippen LogP contribution in [0.1, 0.15) is 19.8 Å². The molecule has 1 unspecified atom stereocenters. The number of amides is 2. The summed E-state index contributed by atoms with van der Waals surface area (Å²) in [5.74, 6) is -1.41. The summed E-state index contributed by atoms with van der Waals surface area (Å²) in [6.07, 6.45) is 0.369. The molecular weight excluding hydrogens is 251 g/mol. The smallest absolute Gasteiger partial charge is 0.321 e. The lowest BCUT2D eigenvalue weighted by molar-refractivity contribution is -0.137. The van der Waals surface area contributed by atoms with E-state index in [1.54, 1.807) is 13.0 Å². The van der Waals surface area contributed by atoms with Crippen molar-refractivity contribution in [2.24, 2.45) is 0 Å². The van der Waals surface area contributed by atoms with E-state index in [0.717, 1.165) is 0 Å². The second-order valence-corrected chi connectivity index (χ2v) is 4.19. The number of carboxylic acid groups (broad SMARTS) is 1. The number of benzene rings is 1. The summed E-state index contributed by atoms with van der Waals surface area (Å²) in [6, 6.07) is 4.72. The zero-order valence-corrected chi connectivity index (χ0v) is 10.9. The van der Waals surface area contributed by atoms with Gasteiger partial charge in [-0.05, 0) is 24.6 Å². The average molecular weight is 268 g/mol. The molecule has 0 aromatic heterocycles. The second kappa shape index (κ2) is 6.72. The van der Waals surface area contributed by atoms with Crippen LogP contribution in [0.25, 0.3) is 0 Å². The molecule has 0 aliphatic carbocycles. The largest absolute Gasteiger partial charge is 0.481 e. The van der Waals surface area contributed by atoms with Gasteiger partial charge in [0.05, 0.1) is 6.42 Å². The summed E-state index contributed by atoms with van der Waals surface area (Å²) >= 11 is 0. The number of anilines is 1. The highest BCUT2D eigenvalue weighted by Crippen LogP contribution is 2.14. The van der Waals surface area contributed by atoms with Crippen molar-refractivity contribution in [1.82, 2.24) is 5.32 Å². The molecule has 2 amide bonds. The van der Waals surface area contributed by atoms with Crippen molar-refractivity contribution >= 4 is 17.7 Å². The predicted molar refractivity (Wildman–Crippen MR) is 69.7 cm³/mol. The first kappa shape index (κ1) is 14.9. The number of halogens is 1. The van der Waals surface area contributed by atoms with E-state index in [9.17, 15) is 14.0 Å². The Bertz CT molecular complexity index is 465. The first-order chi connectivity index (χ1) is 8.93. The van der Waals surface area contributed by atoms with E-state index in [-0.39, 0.29) is 6.42 Å². The van der Waals surface area contributed by atoms with E-state index >= 15 is 0 Å². The third-order valence-corrected chi connectivity index (χ3v) is 2.74. The molecule has 0 bridgehead atoms. The zero-order valence-electron chi connectivity index (χ0n) is 10.9. The van der Waals surface area contributed by atoms with Crippen molar-refractivity contribution in [2.45, 2.75) is 25.8 Å². The molecule has 5 nitrogen and oxygen atoms in total. The molecule has 0 saturated carbocycles.